The molecule has 5 nitrogen and oxygen atoms in total. The van der Waals surface area contributed by atoms with Crippen LogP contribution in [0.5, 0.6) is 0 Å². The van der Waals surface area contributed by atoms with E-state index >= 15 is 0 Å². The van der Waals surface area contributed by atoms with Gasteiger partial charge in [-0.1, -0.05) is 26.1 Å². The monoisotopic (exact) mass is 299 g/mol. The molecule has 1 saturated heterocycles. The van der Waals surface area contributed by atoms with Crippen molar-refractivity contribution in [2.24, 2.45) is 22.8 Å². The summed E-state index contributed by atoms with van der Waals surface area (Å²) in [6, 6.07) is 0. The number of nitrogens with two attached hydrogens (primary N) is 2. The first-order valence-electron chi connectivity index (χ1n) is 7.25. The number of carbonyl (C=O) groups is 2. The fourth-order valence-electron chi connectivity index (χ4n) is 2.93. The number of hydrogen-bond acceptors (Lipinski definition) is 3. The molecule has 0 aliphatic carbocycles. The molecule has 1 rings (SSSR count). The molecule has 0 aromatic rings. The smallest absolute Gasteiger partial charge is 0.235 e. The molecular formula is C14H25N3O2S. The lowest BCUT2D eigenvalue weighted by Gasteiger charge is -2.39. The number of primary amides is 1. The molecule has 0 spiro atoms. The first-order chi connectivity index (χ1) is 9.37. The molecule has 0 radical (unpaired) electrons. The quantitative estimate of drug-likeness (QED) is 0.721. The van der Waals surface area contributed by atoms with Crippen LogP contribution in [0.3, 0.4) is 0 Å². The van der Waals surface area contributed by atoms with E-state index in [9.17, 15) is 9.59 Å². The molecule has 0 aromatic carbocycles. The Hall–Kier alpha value is -1.17. The standard InChI is InChI=1S/C14H25N3O2S/c1-3-14(4-2,12(16)20)13(19)17-7-5-10(6-8-17)9-11(15)18/h10H,3-9H2,1-2H3,(H2,15,18)(H2,16,20). The van der Waals surface area contributed by atoms with Crippen LogP contribution in [0.4, 0.5) is 0 Å². The summed E-state index contributed by atoms with van der Waals surface area (Å²) in [7, 11) is 0. The molecule has 20 heavy (non-hydrogen) atoms. The number of piperidine rings is 1. The normalized spacial score (nSPS) is 17.0. The lowest BCUT2D eigenvalue weighted by molar-refractivity contribution is -0.140. The Morgan fingerprint density at radius 3 is 2.05 bits per heavy atom. The first-order valence-corrected chi connectivity index (χ1v) is 7.65. The molecule has 0 saturated carbocycles. The van der Waals surface area contributed by atoms with Crippen molar-refractivity contribution >= 4 is 29.0 Å². The van der Waals surface area contributed by atoms with E-state index in [0.717, 1.165) is 12.8 Å². The summed E-state index contributed by atoms with van der Waals surface area (Å²) < 4.78 is 0. The molecule has 1 fully saturated rings. The van der Waals surface area contributed by atoms with Gasteiger partial charge < -0.3 is 16.4 Å². The Morgan fingerprint density at radius 1 is 1.20 bits per heavy atom. The third kappa shape index (κ3) is 3.48. The fourth-order valence-corrected chi connectivity index (χ4v) is 3.31. The second-order valence-electron chi connectivity index (χ2n) is 5.56. The van der Waals surface area contributed by atoms with Crippen LogP contribution in [0.1, 0.15) is 46.0 Å². The zero-order chi connectivity index (χ0) is 15.3. The summed E-state index contributed by atoms with van der Waals surface area (Å²) in [4.78, 5) is 25.8. The summed E-state index contributed by atoms with van der Waals surface area (Å²) in [5, 5.41) is 0. The van der Waals surface area contributed by atoms with Gasteiger partial charge in [0.25, 0.3) is 0 Å². The Bertz CT molecular complexity index is 386. The second-order valence-corrected chi connectivity index (χ2v) is 6.00. The van der Waals surface area contributed by atoms with Crippen molar-refractivity contribution in [3.05, 3.63) is 0 Å². The lowest BCUT2D eigenvalue weighted by atomic mass is 9.80. The Labute approximate surface area is 126 Å². The highest BCUT2D eigenvalue weighted by molar-refractivity contribution is 7.80. The number of thiocarbonyl (C=S) groups is 1. The largest absolute Gasteiger partial charge is 0.392 e. The Morgan fingerprint density at radius 2 is 1.70 bits per heavy atom. The Kier molecular flexibility index (Phi) is 5.92. The van der Waals surface area contributed by atoms with Crippen LogP contribution in [0.15, 0.2) is 0 Å². The number of carbonyl (C=O) groups excluding carboxylic acids is 2. The van der Waals surface area contributed by atoms with E-state index in [1.807, 2.05) is 18.7 Å². The molecule has 0 unspecified atom stereocenters. The highest BCUT2D eigenvalue weighted by Gasteiger charge is 2.41. The maximum atomic E-state index is 12.7. The molecule has 2 amide bonds. The zero-order valence-corrected chi connectivity index (χ0v) is 13.2. The van der Waals surface area contributed by atoms with Crippen molar-refractivity contribution in [1.82, 2.24) is 4.90 Å². The minimum atomic E-state index is -0.716. The predicted octanol–water partition coefficient (Wildman–Crippen LogP) is 1.19. The van der Waals surface area contributed by atoms with Gasteiger partial charge in [-0.05, 0) is 31.6 Å². The van der Waals surface area contributed by atoms with Crippen molar-refractivity contribution in [1.29, 1.82) is 0 Å². The zero-order valence-electron chi connectivity index (χ0n) is 12.4. The van der Waals surface area contributed by atoms with Crippen LogP contribution >= 0.6 is 12.2 Å². The van der Waals surface area contributed by atoms with E-state index in [1.54, 1.807) is 0 Å². The highest BCUT2D eigenvalue weighted by Crippen LogP contribution is 2.32. The van der Waals surface area contributed by atoms with E-state index in [2.05, 4.69) is 0 Å². The van der Waals surface area contributed by atoms with Gasteiger partial charge >= 0.3 is 0 Å². The average Bonchev–Trinajstić information content (AvgIpc) is 2.40. The number of likely N-dealkylation sites (tertiary alicyclic amines) is 1. The van der Waals surface area contributed by atoms with Gasteiger partial charge in [-0.2, -0.15) is 0 Å². The van der Waals surface area contributed by atoms with Crippen molar-refractivity contribution in [3.8, 4) is 0 Å². The minimum Gasteiger partial charge on any atom is -0.392 e. The van der Waals surface area contributed by atoms with Gasteiger partial charge in [0.05, 0.1) is 10.4 Å². The predicted molar refractivity (Wildman–Crippen MR) is 82.9 cm³/mol. The van der Waals surface area contributed by atoms with Gasteiger partial charge in [0.1, 0.15) is 0 Å². The maximum absolute atomic E-state index is 12.7. The van der Waals surface area contributed by atoms with Crippen molar-refractivity contribution in [2.75, 3.05) is 13.1 Å². The maximum Gasteiger partial charge on any atom is 0.235 e. The highest BCUT2D eigenvalue weighted by atomic mass is 32.1. The van der Waals surface area contributed by atoms with Gasteiger partial charge in [-0.15, -0.1) is 0 Å². The third-order valence-electron chi connectivity index (χ3n) is 4.48. The Balaban J connectivity index is 2.70. The van der Waals surface area contributed by atoms with E-state index in [-0.39, 0.29) is 16.8 Å². The van der Waals surface area contributed by atoms with Crippen molar-refractivity contribution in [2.45, 2.75) is 46.0 Å². The summed E-state index contributed by atoms with van der Waals surface area (Å²) in [6.45, 7) is 5.20. The molecule has 114 valence electrons. The van der Waals surface area contributed by atoms with Gasteiger partial charge in [0, 0.05) is 19.5 Å². The van der Waals surface area contributed by atoms with Crippen LogP contribution in [0, 0.1) is 11.3 Å². The summed E-state index contributed by atoms with van der Waals surface area (Å²) in [6.07, 6.45) is 3.28. The first kappa shape index (κ1) is 16.9. The average molecular weight is 299 g/mol. The van der Waals surface area contributed by atoms with E-state index in [0.29, 0.717) is 38.3 Å². The molecule has 4 N–H and O–H groups in total. The topological polar surface area (TPSA) is 89.4 Å². The van der Waals surface area contributed by atoms with Crippen LogP contribution in [0.2, 0.25) is 0 Å². The van der Waals surface area contributed by atoms with E-state index in [1.165, 1.54) is 0 Å². The molecule has 0 bridgehead atoms. The molecule has 1 aliphatic heterocycles. The third-order valence-corrected chi connectivity index (χ3v) is 4.87. The lowest BCUT2D eigenvalue weighted by Crippen LogP contribution is -2.52. The number of amides is 2. The number of hydrogen-bond donors (Lipinski definition) is 2. The summed E-state index contributed by atoms with van der Waals surface area (Å²) in [5.41, 5.74) is 10.3. The summed E-state index contributed by atoms with van der Waals surface area (Å²) >= 11 is 5.12. The number of rotatable bonds is 6. The van der Waals surface area contributed by atoms with Gasteiger partial charge in [0.15, 0.2) is 0 Å². The van der Waals surface area contributed by atoms with E-state index < -0.39 is 5.41 Å². The minimum absolute atomic E-state index is 0.0347. The SMILES string of the molecule is CCC(CC)(C(=O)N1CCC(CC(N)=O)CC1)C(N)=S. The van der Waals surface area contributed by atoms with Gasteiger partial charge in [-0.25, -0.2) is 0 Å². The molecule has 1 aliphatic rings. The van der Waals surface area contributed by atoms with Crippen molar-refractivity contribution in [3.63, 3.8) is 0 Å². The van der Waals surface area contributed by atoms with Crippen LogP contribution in [-0.2, 0) is 9.59 Å². The molecule has 6 heteroatoms. The van der Waals surface area contributed by atoms with Crippen LogP contribution in [0.25, 0.3) is 0 Å². The summed E-state index contributed by atoms with van der Waals surface area (Å²) in [5.74, 6) is 0.0564. The molecular weight excluding hydrogens is 274 g/mol. The molecule has 1 heterocycles. The van der Waals surface area contributed by atoms with E-state index in [4.69, 9.17) is 23.7 Å². The van der Waals surface area contributed by atoms with Gasteiger partial charge in [-0.3, -0.25) is 9.59 Å². The van der Waals surface area contributed by atoms with Crippen molar-refractivity contribution < 1.29 is 9.59 Å². The second kappa shape index (κ2) is 7.02. The van der Waals surface area contributed by atoms with Gasteiger partial charge in [0.2, 0.25) is 11.8 Å². The van der Waals surface area contributed by atoms with Crippen LogP contribution < -0.4 is 11.5 Å². The molecule has 0 aromatic heterocycles. The number of nitrogens with zero attached hydrogens (tertiary/aromatic N) is 1. The fraction of sp³-hybridized carbons (Fsp3) is 0.786. The van der Waals surface area contributed by atoms with Crippen LogP contribution in [-0.4, -0.2) is 34.8 Å². The molecule has 0 atom stereocenters.